The van der Waals surface area contributed by atoms with Crippen LogP contribution in [0, 0.1) is 5.92 Å². The fourth-order valence-corrected chi connectivity index (χ4v) is 2.97. The van der Waals surface area contributed by atoms with Gasteiger partial charge in [-0.15, -0.1) is 0 Å². The molecule has 0 aliphatic carbocycles. The molecule has 126 valence electrons. The van der Waals surface area contributed by atoms with Crippen molar-refractivity contribution in [2.75, 3.05) is 18.4 Å². The number of carbonyl (C=O) groups excluding carboxylic acids is 2. The van der Waals surface area contributed by atoms with Gasteiger partial charge in [-0.1, -0.05) is 13.3 Å². The average Bonchev–Trinajstić information content (AvgIpc) is 2.56. The monoisotopic (exact) mass is 382 g/mol. The number of rotatable bonds is 5. The van der Waals surface area contributed by atoms with Crippen LogP contribution in [0.15, 0.2) is 22.8 Å². The van der Waals surface area contributed by atoms with Gasteiger partial charge < -0.3 is 16.0 Å². The van der Waals surface area contributed by atoms with Crippen LogP contribution in [0.4, 0.5) is 5.82 Å². The molecule has 1 aliphatic rings. The zero-order valence-corrected chi connectivity index (χ0v) is 14.9. The predicted octanol–water partition coefficient (Wildman–Crippen LogP) is 2.15. The van der Waals surface area contributed by atoms with Gasteiger partial charge in [0.1, 0.15) is 5.82 Å². The number of hydrogen-bond donors (Lipinski definition) is 2. The standard InChI is InChI=1S/C16H23BrN4O2/c1-2-4-13(18)16(23)21-8-3-5-11(10-21)15(22)20-14-7-6-12(17)9-19-14/h6-7,9,11,13H,2-5,8,10,18H2,1H3,(H,19,20,22). The van der Waals surface area contributed by atoms with E-state index < -0.39 is 6.04 Å². The third-order valence-corrected chi connectivity index (χ3v) is 4.47. The third-order valence-electron chi connectivity index (χ3n) is 4.00. The molecule has 1 fully saturated rings. The number of aromatic nitrogens is 1. The van der Waals surface area contributed by atoms with E-state index in [0.29, 0.717) is 25.3 Å². The number of halogens is 1. The molecule has 0 saturated carbocycles. The quantitative estimate of drug-likeness (QED) is 0.816. The molecular weight excluding hydrogens is 360 g/mol. The summed E-state index contributed by atoms with van der Waals surface area (Å²) in [6.07, 6.45) is 4.77. The van der Waals surface area contributed by atoms with Crippen molar-refractivity contribution in [3.05, 3.63) is 22.8 Å². The molecule has 23 heavy (non-hydrogen) atoms. The van der Waals surface area contributed by atoms with Crippen molar-refractivity contribution in [1.29, 1.82) is 0 Å². The summed E-state index contributed by atoms with van der Waals surface area (Å²) in [5, 5.41) is 2.81. The summed E-state index contributed by atoms with van der Waals surface area (Å²) in [5.74, 6) is 0.156. The van der Waals surface area contributed by atoms with E-state index in [1.807, 2.05) is 13.0 Å². The maximum absolute atomic E-state index is 12.4. The maximum atomic E-state index is 12.4. The van der Waals surface area contributed by atoms with Gasteiger partial charge in [0.25, 0.3) is 0 Å². The van der Waals surface area contributed by atoms with Gasteiger partial charge in [0, 0.05) is 23.8 Å². The second-order valence-corrected chi connectivity index (χ2v) is 6.79. The topological polar surface area (TPSA) is 88.3 Å². The minimum atomic E-state index is -0.463. The molecule has 2 heterocycles. The summed E-state index contributed by atoms with van der Waals surface area (Å²) >= 11 is 3.31. The van der Waals surface area contributed by atoms with Crippen LogP contribution in [0.1, 0.15) is 32.6 Å². The summed E-state index contributed by atoms with van der Waals surface area (Å²) < 4.78 is 0.856. The molecule has 2 unspecified atom stereocenters. The Bertz CT molecular complexity index is 550. The first-order valence-corrected chi connectivity index (χ1v) is 8.77. The Morgan fingerprint density at radius 2 is 2.30 bits per heavy atom. The fourth-order valence-electron chi connectivity index (χ4n) is 2.74. The Kier molecular flexibility index (Phi) is 6.53. The van der Waals surface area contributed by atoms with E-state index in [-0.39, 0.29) is 17.7 Å². The molecule has 1 aromatic rings. The molecule has 0 aromatic carbocycles. The highest BCUT2D eigenvalue weighted by Crippen LogP contribution is 2.20. The predicted molar refractivity (Wildman–Crippen MR) is 92.8 cm³/mol. The highest BCUT2D eigenvalue weighted by molar-refractivity contribution is 9.10. The van der Waals surface area contributed by atoms with Crippen LogP contribution in [0.25, 0.3) is 0 Å². The van der Waals surface area contributed by atoms with Crippen molar-refractivity contribution in [2.45, 2.75) is 38.6 Å². The number of nitrogens with two attached hydrogens (primary N) is 1. The second-order valence-electron chi connectivity index (χ2n) is 5.87. The lowest BCUT2D eigenvalue weighted by molar-refractivity contribution is -0.136. The molecule has 6 nitrogen and oxygen atoms in total. The summed E-state index contributed by atoms with van der Waals surface area (Å²) in [6.45, 7) is 3.11. The Labute approximate surface area is 144 Å². The van der Waals surface area contributed by atoms with Crippen LogP contribution < -0.4 is 11.1 Å². The van der Waals surface area contributed by atoms with Gasteiger partial charge in [0.2, 0.25) is 11.8 Å². The number of carbonyl (C=O) groups is 2. The smallest absolute Gasteiger partial charge is 0.239 e. The zero-order valence-electron chi connectivity index (χ0n) is 13.3. The molecule has 2 atom stereocenters. The molecule has 0 bridgehead atoms. The molecule has 0 radical (unpaired) electrons. The summed E-state index contributed by atoms with van der Waals surface area (Å²) in [7, 11) is 0. The van der Waals surface area contributed by atoms with Crippen molar-refractivity contribution in [1.82, 2.24) is 9.88 Å². The number of nitrogens with zero attached hydrogens (tertiary/aromatic N) is 2. The lowest BCUT2D eigenvalue weighted by atomic mass is 9.96. The fraction of sp³-hybridized carbons (Fsp3) is 0.562. The van der Waals surface area contributed by atoms with E-state index >= 15 is 0 Å². The second kappa shape index (κ2) is 8.40. The molecule has 2 amide bonds. The molecule has 0 spiro atoms. The largest absolute Gasteiger partial charge is 0.341 e. The van der Waals surface area contributed by atoms with E-state index in [1.54, 1.807) is 17.2 Å². The maximum Gasteiger partial charge on any atom is 0.239 e. The molecule has 1 saturated heterocycles. The number of anilines is 1. The first kappa shape index (κ1) is 17.9. The first-order chi connectivity index (χ1) is 11.0. The third kappa shape index (κ3) is 5.00. The van der Waals surface area contributed by atoms with Crippen molar-refractivity contribution < 1.29 is 9.59 Å². The van der Waals surface area contributed by atoms with E-state index in [4.69, 9.17) is 5.73 Å². The van der Waals surface area contributed by atoms with Crippen LogP contribution in [0.2, 0.25) is 0 Å². The molecule has 7 heteroatoms. The highest BCUT2D eigenvalue weighted by atomic mass is 79.9. The van der Waals surface area contributed by atoms with Gasteiger partial charge in [0.05, 0.1) is 12.0 Å². The normalized spacial score (nSPS) is 19.3. The van der Waals surface area contributed by atoms with Crippen LogP contribution in [0.3, 0.4) is 0 Å². The van der Waals surface area contributed by atoms with Gasteiger partial charge in [-0.3, -0.25) is 9.59 Å². The van der Waals surface area contributed by atoms with Crippen LogP contribution >= 0.6 is 15.9 Å². The minimum Gasteiger partial charge on any atom is -0.341 e. The van der Waals surface area contributed by atoms with Crippen molar-refractivity contribution in [2.24, 2.45) is 11.7 Å². The van der Waals surface area contributed by atoms with Gasteiger partial charge in [0.15, 0.2) is 0 Å². The number of likely N-dealkylation sites (tertiary alicyclic amines) is 1. The number of pyridine rings is 1. The summed E-state index contributed by atoms with van der Waals surface area (Å²) in [4.78, 5) is 30.6. The first-order valence-electron chi connectivity index (χ1n) is 7.98. The van der Waals surface area contributed by atoms with Crippen molar-refractivity contribution in [3.63, 3.8) is 0 Å². The van der Waals surface area contributed by atoms with E-state index in [9.17, 15) is 9.59 Å². The summed E-state index contributed by atoms with van der Waals surface area (Å²) in [6, 6.07) is 3.10. The summed E-state index contributed by atoms with van der Waals surface area (Å²) in [5.41, 5.74) is 5.91. The number of piperidine rings is 1. The number of nitrogens with one attached hydrogen (secondary N) is 1. The van der Waals surface area contributed by atoms with E-state index in [1.165, 1.54) is 0 Å². The Morgan fingerprint density at radius 1 is 1.52 bits per heavy atom. The molecular formula is C16H23BrN4O2. The molecule has 1 aromatic heterocycles. The Hall–Kier alpha value is -1.47. The van der Waals surface area contributed by atoms with Crippen molar-refractivity contribution >= 4 is 33.6 Å². The van der Waals surface area contributed by atoms with Gasteiger partial charge in [-0.05, 0) is 47.3 Å². The van der Waals surface area contributed by atoms with Crippen LogP contribution in [-0.4, -0.2) is 40.8 Å². The Morgan fingerprint density at radius 3 is 2.96 bits per heavy atom. The SMILES string of the molecule is CCCC(N)C(=O)N1CCCC(C(=O)Nc2ccc(Br)cn2)C1. The number of hydrogen-bond acceptors (Lipinski definition) is 4. The van der Waals surface area contributed by atoms with E-state index in [0.717, 1.165) is 23.7 Å². The molecule has 3 N–H and O–H groups in total. The molecule has 1 aliphatic heterocycles. The van der Waals surface area contributed by atoms with Crippen LogP contribution in [0.5, 0.6) is 0 Å². The minimum absolute atomic E-state index is 0.0499. The van der Waals surface area contributed by atoms with Gasteiger partial charge in [-0.25, -0.2) is 4.98 Å². The average molecular weight is 383 g/mol. The number of amides is 2. The van der Waals surface area contributed by atoms with Gasteiger partial charge in [-0.2, -0.15) is 0 Å². The van der Waals surface area contributed by atoms with Crippen molar-refractivity contribution in [3.8, 4) is 0 Å². The Balaban J connectivity index is 1.93. The zero-order chi connectivity index (χ0) is 16.8. The van der Waals surface area contributed by atoms with Crippen LogP contribution in [-0.2, 0) is 9.59 Å². The lowest BCUT2D eigenvalue weighted by Crippen LogP contribution is -2.49. The lowest BCUT2D eigenvalue weighted by Gasteiger charge is -2.33. The highest BCUT2D eigenvalue weighted by Gasteiger charge is 2.30. The van der Waals surface area contributed by atoms with Gasteiger partial charge >= 0.3 is 0 Å². The molecule has 2 rings (SSSR count). The van der Waals surface area contributed by atoms with E-state index in [2.05, 4.69) is 26.2 Å².